The van der Waals surface area contributed by atoms with Gasteiger partial charge in [-0.25, -0.2) is 36.0 Å². The van der Waals surface area contributed by atoms with Crippen LogP contribution in [0.3, 0.4) is 0 Å². The standard InChI is InChI=1S/C31H24Cl4N2O9S2.C12H13NO6/c32-22-11-13-24(36-47(41,42)17-19-7-3-1-4-8-19)28(34)26(22)30(39)45-15-21(38)16-46-31(40)27-23(33)12-14-25(29(27)35)37-48(43,44)18-20-9-5-2-6-10-20;14-10(15)6-9(11(16)17)13-12(18)19-7-8-4-2-1-3-5-8/h1-14,36-37H,15-18H2;1-5,9H,6-7H2,(H,13,18)(H,14,15)(H,16,17)/t;9-/m.0/s1. The van der Waals surface area contributed by atoms with Crippen LogP contribution in [0.1, 0.15) is 43.8 Å². The highest BCUT2D eigenvalue weighted by Crippen LogP contribution is 2.35. The average Bonchev–Trinajstić information content (AvgIpc) is 3.27. The van der Waals surface area contributed by atoms with Crippen molar-refractivity contribution >= 4 is 114 Å². The molecule has 1 amide bonds. The Balaban J connectivity index is 0.000000431. The summed E-state index contributed by atoms with van der Waals surface area (Å²) in [5, 5.41) is 18.1. The van der Waals surface area contributed by atoms with Gasteiger partial charge in [0.1, 0.15) is 12.6 Å². The van der Waals surface area contributed by atoms with Crippen molar-refractivity contribution in [3.05, 3.63) is 163 Å². The molecule has 18 nitrogen and oxygen atoms in total. The van der Waals surface area contributed by atoms with E-state index in [0.29, 0.717) is 11.1 Å². The van der Waals surface area contributed by atoms with Crippen molar-refractivity contribution in [3.8, 4) is 0 Å². The number of carboxylic acids is 2. The van der Waals surface area contributed by atoms with Crippen molar-refractivity contribution in [3.63, 3.8) is 0 Å². The van der Waals surface area contributed by atoms with Crippen LogP contribution in [0.5, 0.6) is 0 Å². The molecular formula is C43H37Cl4N3O15S2. The summed E-state index contributed by atoms with van der Waals surface area (Å²) in [6, 6.07) is 28.9. The highest BCUT2D eigenvalue weighted by atomic mass is 35.5. The molecule has 0 aromatic heterocycles. The number of benzene rings is 5. The fraction of sp³-hybridized carbons (Fsp3) is 0.163. The van der Waals surface area contributed by atoms with Crippen LogP contribution in [0, 0.1) is 0 Å². The molecule has 5 rings (SSSR count). The zero-order valence-corrected chi connectivity index (χ0v) is 39.0. The summed E-state index contributed by atoms with van der Waals surface area (Å²) in [6.07, 6.45) is -1.69. The van der Waals surface area contributed by atoms with Gasteiger partial charge in [0, 0.05) is 0 Å². The number of aliphatic carboxylic acids is 2. The van der Waals surface area contributed by atoms with E-state index in [0.717, 1.165) is 5.56 Å². The van der Waals surface area contributed by atoms with Gasteiger partial charge in [0.2, 0.25) is 25.8 Å². The number of carboxylic acid groups (broad SMARTS) is 2. The summed E-state index contributed by atoms with van der Waals surface area (Å²) in [5.74, 6) is -6.69. The lowest BCUT2D eigenvalue weighted by atomic mass is 10.2. The first-order chi connectivity index (χ1) is 31.6. The molecule has 1 atom stereocenters. The minimum absolute atomic E-state index is 0.0217. The first-order valence-corrected chi connectivity index (χ1v) is 23.8. The number of halogens is 4. The van der Waals surface area contributed by atoms with E-state index in [1.54, 1.807) is 91.0 Å². The molecule has 0 heterocycles. The molecule has 0 saturated carbocycles. The van der Waals surface area contributed by atoms with Crippen LogP contribution in [0.15, 0.2) is 115 Å². The van der Waals surface area contributed by atoms with Gasteiger partial charge in [-0.15, -0.1) is 0 Å². The van der Waals surface area contributed by atoms with Gasteiger partial charge >= 0.3 is 30.0 Å². The lowest BCUT2D eigenvalue weighted by Gasteiger charge is -2.14. The normalized spacial score (nSPS) is 11.4. The molecule has 5 aromatic rings. The van der Waals surface area contributed by atoms with Crippen LogP contribution in [-0.2, 0) is 66.8 Å². The second-order valence-electron chi connectivity index (χ2n) is 13.6. The number of amides is 1. The third-order valence-electron chi connectivity index (χ3n) is 8.43. The second-order valence-corrected chi connectivity index (χ2v) is 18.7. The van der Waals surface area contributed by atoms with E-state index in [1.165, 1.54) is 24.3 Å². The molecule has 0 fully saturated rings. The van der Waals surface area contributed by atoms with E-state index in [9.17, 15) is 45.6 Å². The average molecular weight is 1040 g/mol. The fourth-order valence-corrected chi connectivity index (χ4v) is 9.06. The summed E-state index contributed by atoms with van der Waals surface area (Å²) in [5.41, 5.74) is 0.637. The Morgan fingerprint density at radius 2 is 0.925 bits per heavy atom. The Labute approximate surface area is 403 Å². The number of alkyl carbamates (subject to hydrolysis) is 1. The molecule has 354 valence electrons. The summed E-state index contributed by atoms with van der Waals surface area (Å²) >= 11 is 24.8. The monoisotopic (exact) mass is 1040 g/mol. The molecular weight excluding hydrogens is 1000 g/mol. The third-order valence-corrected chi connectivity index (χ3v) is 12.3. The van der Waals surface area contributed by atoms with Gasteiger partial charge in [0.15, 0.2) is 13.2 Å². The van der Waals surface area contributed by atoms with Gasteiger partial charge in [-0.2, -0.15) is 0 Å². The molecule has 0 unspecified atom stereocenters. The van der Waals surface area contributed by atoms with Crippen LogP contribution < -0.4 is 14.8 Å². The van der Waals surface area contributed by atoms with Crippen LogP contribution in [0.2, 0.25) is 20.1 Å². The molecule has 0 aliphatic heterocycles. The van der Waals surface area contributed by atoms with Crippen molar-refractivity contribution in [1.29, 1.82) is 0 Å². The number of ether oxygens (including phenoxy) is 3. The van der Waals surface area contributed by atoms with E-state index in [4.69, 9.17) is 70.8 Å². The van der Waals surface area contributed by atoms with Gasteiger partial charge in [-0.05, 0) is 41.0 Å². The van der Waals surface area contributed by atoms with E-state index < -0.39 is 92.6 Å². The number of Topliss-reactive ketones (excluding diaryl/α,β-unsaturated/α-hetero) is 1. The highest BCUT2D eigenvalue weighted by molar-refractivity contribution is 7.92. The maximum Gasteiger partial charge on any atom is 0.408 e. The molecule has 0 aliphatic rings. The molecule has 0 bridgehead atoms. The highest BCUT2D eigenvalue weighted by Gasteiger charge is 2.26. The van der Waals surface area contributed by atoms with Crippen molar-refractivity contribution in [1.82, 2.24) is 5.32 Å². The van der Waals surface area contributed by atoms with E-state index in [2.05, 4.69) is 9.44 Å². The lowest BCUT2D eigenvalue weighted by molar-refractivity contribution is -0.145. The summed E-state index contributed by atoms with van der Waals surface area (Å²) in [6.45, 7) is -1.79. The van der Waals surface area contributed by atoms with Gasteiger partial charge in [0.25, 0.3) is 0 Å². The number of carbonyl (C=O) groups is 6. The van der Waals surface area contributed by atoms with Crippen LogP contribution in [-0.4, -0.2) is 82.1 Å². The fourth-order valence-electron chi connectivity index (χ4n) is 5.39. The first kappa shape index (κ1) is 53.2. The summed E-state index contributed by atoms with van der Waals surface area (Å²) in [4.78, 5) is 70.5. The Hall–Kier alpha value is -6.42. The van der Waals surface area contributed by atoms with Crippen LogP contribution in [0.4, 0.5) is 16.2 Å². The van der Waals surface area contributed by atoms with Crippen molar-refractivity contribution in [2.24, 2.45) is 0 Å². The Morgan fingerprint density at radius 3 is 1.30 bits per heavy atom. The summed E-state index contributed by atoms with van der Waals surface area (Å²) in [7, 11) is -7.89. The van der Waals surface area contributed by atoms with E-state index >= 15 is 0 Å². The number of hydrogen-bond acceptors (Lipinski definition) is 13. The number of rotatable bonds is 20. The zero-order valence-electron chi connectivity index (χ0n) is 34.3. The van der Waals surface area contributed by atoms with Crippen molar-refractivity contribution < 1.29 is 70.0 Å². The topological polar surface area (TPSA) is 275 Å². The number of hydrogen-bond donors (Lipinski definition) is 5. The predicted molar refractivity (Wildman–Crippen MR) is 247 cm³/mol. The van der Waals surface area contributed by atoms with Crippen LogP contribution >= 0.6 is 46.4 Å². The SMILES string of the molecule is O=C(COC(=O)c1c(Cl)ccc(NS(=O)(=O)Cc2ccccc2)c1Cl)COC(=O)c1c(Cl)ccc(NS(=O)(=O)Cc2ccccc2)c1Cl.O=C(O)C[C@H](NC(=O)OCc1ccccc1)C(=O)O. The summed E-state index contributed by atoms with van der Waals surface area (Å²) < 4.78 is 70.0. The molecule has 0 aliphatic carbocycles. The maximum atomic E-state index is 12.8. The number of anilines is 2. The van der Waals surface area contributed by atoms with Gasteiger partial charge in [0.05, 0.1) is 60.5 Å². The molecule has 5 aromatic carbocycles. The molecule has 0 radical (unpaired) electrons. The van der Waals surface area contributed by atoms with Gasteiger partial charge < -0.3 is 29.7 Å². The van der Waals surface area contributed by atoms with Crippen molar-refractivity contribution in [2.45, 2.75) is 30.6 Å². The number of ketones is 1. The number of carbonyl (C=O) groups excluding carboxylic acids is 4. The van der Waals surface area contributed by atoms with E-state index in [-0.39, 0.29) is 49.6 Å². The molecule has 0 spiro atoms. The van der Waals surface area contributed by atoms with Crippen molar-refractivity contribution in [2.75, 3.05) is 22.7 Å². The Bertz CT molecular complexity index is 2680. The zero-order chi connectivity index (χ0) is 49.3. The largest absolute Gasteiger partial charge is 0.481 e. The first-order valence-electron chi connectivity index (χ1n) is 19.0. The molecule has 24 heteroatoms. The lowest BCUT2D eigenvalue weighted by Crippen LogP contribution is -2.42. The number of nitrogens with one attached hydrogen (secondary N) is 3. The minimum atomic E-state index is -3.95. The number of esters is 2. The smallest absolute Gasteiger partial charge is 0.408 e. The quantitative estimate of drug-likeness (QED) is 0.0371. The van der Waals surface area contributed by atoms with Gasteiger partial charge in [-0.1, -0.05) is 137 Å². The molecule has 67 heavy (non-hydrogen) atoms. The molecule has 5 N–H and O–H groups in total. The van der Waals surface area contributed by atoms with Gasteiger partial charge in [-0.3, -0.25) is 19.0 Å². The van der Waals surface area contributed by atoms with E-state index in [1.807, 2.05) is 5.32 Å². The minimum Gasteiger partial charge on any atom is -0.481 e. The molecule has 0 saturated heterocycles. The Morgan fingerprint density at radius 1 is 0.537 bits per heavy atom. The third kappa shape index (κ3) is 17.4. The Kier molecular flexibility index (Phi) is 19.8. The second kappa shape index (κ2) is 24.9. The number of sulfonamides is 2. The predicted octanol–water partition coefficient (Wildman–Crippen LogP) is 7.61. The van der Waals surface area contributed by atoms with Crippen LogP contribution in [0.25, 0.3) is 0 Å². The maximum absolute atomic E-state index is 12.8.